The van der Waals surface area contributed by atoms with E-state index in [0.29, 0.717) is 18.3 Å². The van der Waals surface area contributed by atoms with Gasteiger partial charge in [-0.05, 0) is 55.5 Å². The number of esters is 1. The van der Waals surface area contributed by atoms with Crippen LogP contribution >= 0.6 is 0 Å². The minimum atomic E-state index is -0.307. The van der Waals surface area contributed by atoms with Gasteiger partial charge in [0.15, 0.2) is 0 Å². The highest BCUT2D eigenvalue weighted by atomic mass is 16.5. The van der Waals surface area contributed by atoms with Crippen LogP contribution in [-0.2, 0) is 9.53 Å². The molecule has 2 bridgehead atoms. The number of aromatic nitrogens is 1. The lowest BCUT2D eigenvalue weighted by Gasteiger charge is -2.51. The molecule has 3 fully saturated rings. The Kier molecular flexibility index (Phi) is 5.36. The fraction of sp³-hybridized carbons (Fsp3) is 0.478. The van der Waals surface area contributed by atoms with Crippen LogP contribution in [0, 0.1) is 11.8 Å². The number of piperidine rings is 3. The Morgan fingerprint density at radius 1 is 1.43 bits per heavy atom. The van der Waals surface area contributed by atoms with E-state index in [-0.39, 0.29) is 18.1 Å². The molecule has 0 aliphatic carbocycles. The summed E-state index contributed by atoms with van der Waals surface area (Å²) < 4.78 is 11.5. The summed E-state index contributed by atoms with van der Waals surface area (Å²) >= 11 is 0. The third kappa shape index (κ3) is 3.39. The molecular formula is C23H28N2O3. The first-order valence-electron chi connectivity index (χ1n) is 10.1. The Labute approximate surface area is 166 Å². The molecule has 5 nitrogen and oxygen atoms in total. The molecular weight excluding hydrogens is 352 g/mol. The molecule has 0 spiro atoms. The van der Waals surface area contributed by atoms with Crippen molar-refractivity contribution in [1.82, 2.24) is 9.88 Å². The number of carbonyl (C=O) groups is 1. The first-order valence-corrected chi connectivity index (χ1v) is 10.1. The summed E-state index contributed by atoms with van der Waals surface area (Å²) in [5, 5.41) is 0.985. The van der Waals surface area contributed by atoms with Crippen LogP contribution in [0.15, 0.2) is 43.1 Å². The Bertz CT molecular complexity index is 881. The second-order valence-corrected chi connectivity index (χ2v) is 7.79. The summed E-state index contributed by atoms with van der Waals surface area (Å²) in [5.74, 6) is 1.75. The zero-order valence-corrected chi connectivity index (χ0v) is 16.6. The number of ether oxygens (including phenoxy) is 2. The van der Waals surface area contributed by atoms with Gasteiger partial charge in [0.1, 0.15) is 11.9 Å². The van der Waals surface area contributed by atoms with Crippen molar-refractivity contribution >= 4 is 16.9 Å². The number of hydrogen-bond acceptors (Lipinski definition) is 5. The van der Waals surface area contributed by atoms with E-state index in [1.165, 1.54) is 6.42 Å². The molecule has 4 heterocycles. The van der Waals surface area contributed by atoms with Crippen molar-refractivity contribution in [2.75, 3.05) is 20.2 Å². The highest BCUT2D eigenvalue weighted by molar-refractivity contribution is 5.84. The smallest absolute Gasteiger partial charge is 0.306 e. The first-order chi connectivity index (χ1) is 13.6. The predicted molar refractivity (Wildman–Crippen MR) is 109 cm³/mol. The average molecular weight is 380 g/mol. The van der Waals surface area contributed by atoms with Crippen molar-refractivity contribution in [2.45, 2.75) is 38.3 Å². The van der Waals surface area contributed by atoms with Gasteiger partial charge in [-0.2, -0.15) is 0 Å². The van der Waals surface area contributed by atoms with E-state index in [0.717, 1.165) is 41.7 Å². The van der Waals surface area contributed by atoms with Gasteiger partial charge in [0.05, 0.1) is 18.7 Å². The van der Waals surface area contributed by atoms with Gasteiger partial charge in [-0.3, -0.25) is 14.7 Å². The summed E-state index contributed by atoms with van der Waals surface area (Å²) in [5.41, 5.74) is 1.90. The molecule has 5 atom stereocenters. The standard InChI is InChI=1S/C23H28N2O3/c1-4-15-14-25-11-9-16(15)12-21(25)23(28-22(26)5-2)18-8-10-24-20-7-6-17(27-3)13-19(18)20/h4,6-8,10,13,15-16,21,23H,1,5,9,11-12,14H2,2-3H3/t15?,16?,21?,23-/m1/s1. The highest BCUT2D eigenvalue weighted by Crippen LogP contribution is 2.43. The van der Waals surface area contributed by atoms with Crippen LogP contribution in [0.3, 0.4) is 0 Å². The van der Waals surface area contributed by atoms with Gasteiger partial charge in [-0.15, -0.1) is 6.58 Å². The maximum absolute atomic E-state index is 12.3. The minimum absolute atomic E-state index is 0.166. The Morgan fingerprint density at radius 3 is 2.96 bits per heavy atom. The zero-order valence-electron chi connectivity index (χ0n) is 16.6. The SMILES string of the molecule is C=CC1CN2CCC1CC2[C@H](OC(=O)CC)c1ccnc2ccc(OC)cc12. The molecule has 0 N–H and O–H groups in total. The topological polar surface area (TPSA) is 51.7 Å². The summed E-state index contributed by atoms with van der Waals surface area (Å²) in [7, 11) is 1.66. The molecule has 0 radical (unpaired) electrons. The third-order valence-electron chi connectivity index (χ3n) is 6.34. The van der Waals surface area contributed by atoms with Gasteiger partial charge in [0.2, 0.25) is 0 Å². The second kappa shape index (κ2) is 7.92. The quantitative estimate of drug-likeness (QED) is 0.557. The van der Waals surface area contributed by atoms with Gasteiger partial charge < -0.3 is 9.47 Å². The van der Waals surface area contributed by atoms with Crippen LogP contribution in [0.5, 0.6) is 5.75 Å². The molecule has 0 amide bonds. The molecule has 3 saturated heterocycles. The van der Waals surface area contributed by atoms with E-state index in [2.05, 4.69) is 22.5 Å². The average Bonchev–Trinajstić information content (AvgIpc) is 2.76. The van der Waals surface area contributed by atoms with Crippen molar-refractivity contribution in [3.63, 3.8) is 0 Å². The van der Waals surface area contributed by atoms with Gasteiger partial charge >= 0.3 is 5.97 Å². The van der Waals surface area contributed by atoms with Gasteiger partial charge in [0, 0.05) is 30.1 Å². The number of benzene rings is 1. The lowest BCUT2D eigenvalue weighted by atomic mass is 9.73. The molecule has 28 heavy (non-hydrogen) atoms. The van der Waals surface area contributed by atoms with E-state index in [1.807, 2.05) is 31.2 Å². The molecule has 2 aromatic rings. The normalized spacial score (nSPS) is 27.4. The lowest BCUT2D eigenvalue weighted by Crippen LogP contribution is -2.55. The van der Waals surface area contributed by atoms with Crippen molar-refractivity contribution in [3.05, 3.63) is 48.7 Å². The van der Waals surface area contributed by atoms with Crippen LogP contribution < -0.4 is 4.74 Å². The van der Waals surface area contributed by atoms with Crippen molar-refractivity contribution in [3.8, 4) is 5.75 Å². The number of methoxy groups -OCH3 is 1. The number of rotatable bonds is 6. The fourth-order valence-corrected chi connectivity index (χ4v) is 4.79. The molecule has 3 aliphatic rings. The van der Waals surface area contributed by atoms with Crippen LogP contribution in [0.4, 0.5) is 0 Å². The predicted octanol–water partition coefficient (Wildman–Crippen LogP) is 4.13. The Morgan fingerprint density at radius 2 is 2.29 bits per heavy atom. The van der Waals surface area contributed by atoms with Crippen LogP contribution in [-0.4, -0.2) is 42.1 Å². The minimum Gasteiger partial charge on any atom is -0.497 e. The third-order valence-corrected chi connectivity index (χ3v) is 6.34. The second-order valence-electron chi connectivity index (χ2n) is 7.79. The largest absolute Gasteiger partial charge is 0.497 e. The lowest BCUT2D eigenvalue weighted by molar-refractivity contribution is -0.156. The molecule has 3 aliphatic heterocycles. The van der Waals surface area contributed by atoms with Crippen LogP contribution in [0.25, 0.3) is 10.9 Å². The Hall–Kier alpha value is -2.40. The molecule has 148 valence electrons. The van der Waals surface area contributed by atoms with Gasteiger partial charge in [-0.1, -0.05) is 13.0 Å². The molecule has 4 unspecified atom stereocenters. The maximum Gasteiger partial charge on any atom is 0.306 e. The van der Waals surface area contributed by atoms with E-state index < -0.39 is 0 Å². The maximum atomic E-state index is 12.3. The summed E-state index contributed by atoms with van der Waals surface area (Å²) in [6, 6.07) is 8.03. The summed E-state index contributed by atoms with van der Waals surface area (Å²) in [4.78, 5) is 19.3. The van der Waals surface area contributed by atoms with Crippen molar-refractivity contribution in [1.29, 1.82) is 0 Å². The molecule has 1 aromatic carbocycles. The van der Waals surface area contributed by atoms with Gasteiger partial charge in [-0.25, -0.2) is 0 Å². The number of pyridine rings is 1. The van der Waals surface area contributed by atoms with E-state index in [9.17, 15) is 4.79 Å². The highest BCUT2D eigenvalue weighted by Gasteiger charge is 2.44. The monoisotopic (exact) mass is 380 g/mol. The van der Waals surface area contributed by atoms with Crippen LogP contribution in [0.1, 0.15) is 37.9 Å². The molecule has 5 rings (SSSR count). The fourth-order valence-electron chi connectivity index (χ4n) is 4.79. The molecule has 1 aromatic heterocycles. The molecule has 5 heteroatoms. The van der Waals surface area contributed by atoms with E-state index >= 15 is 0 Å². The number of hydrogen-bond donors (Lipinski definition) is 0. The van der Waals surface area contributed by atoms with E-state index in [4.69, 9.17) is 9.47 Å². The summed E-state index contributed by atoms with van der Waals surface area (Å²) in [6.45, 7) is 7.90. The summed E-state index contributed by atoms with van der Waals surface area (Å²) in [6.07, 6.45) is 6.17. The first kappa shape index (κ1) is 18.9. The Balaban J connectivity index is 1.76. The van der Waals surface area contributed by atoms with E-state index in [1.54, 1.807) is 13.3 Å². The van der Waals surface area contributed by atoms with Crippen LogP contribution in [0.2, 0.25) is 0 Å². The number of fused-ring (bicyclic) bond motifs is 4. The zero-order chi connectivity index (χ0) is 19.7. The number of nitrogens with zero attached hydrogens (tertiary/aromatic N) is 2. The van der Waals surface area contributed by atoms with Gasteiger partial charge in [0.25, 0.3) is 0 Å². The van der Waals surface area contributed by atoms with Crippen molar-refractivity contribution < 1.29 is 14.3 Å². The van der Waals surface area contributed by atoms with Crippen molar-refractivity contribution in [2.24, 2.45) is 11.8 Å². The number of carbonyl (C=O) groups excluding carboxylic acids is 1. The molecule has 0 saturated carbocycles.